The minimum Gasteiger partial charge on any atom is -0.481 e. The van der Waals surface area contributed by atoms with Crippen LogP contribution in [0.25, 0.3) is 0 Å². The Bertz CT molecular complexity index is 433. The number of ether oxygens (including phenoxy) is 1. The van der Waals surface area contributed by atoms with Crippen LogP contribution in [0, 0.1) is 0 Å². The predicted molar refractivity (Wildman–Crippen MR) is 74.8 cm³/mol. The maximum absolute atomic E-state index is 10.9. The number of rotatable bonds is 7. The van der Waals surface area contributed by atoms with E-state index in [2.05, 4.69) is 17.9 Å². The summed E-state index contributed by atoms with van der Waals surface area (Å²) in [6.45, 7) is 5.18. The van der Waals surface area contributed by atoms with Crippen molar-refractivity contribution in [3.63, 3.8) is 0 Å². The van der Waals surface area contributed by atoms with Crippen molar-refractivity contribution in [3.8, 4) is 0 Å². The molecule has 1 N–H and O–H groups in total. The highest BCUT2D eigenvalue weighted by molar-refractivity contribution is 5.71. The number of hydrogen-bond acceptors (Lipinski definition) is 3. The molecule has 1 aliphatic rings. The van der Waals surface area contributed by atoms with Crippen molar-refractivity contribution < 1.29 is 14.6 Å². The van der Waals surface area contributed by atoms with Gasteiger partial charge in [0, 0.05) is 31.3 Å². The molecule has 104 valence electrons. The van der Waals surface area contributed by atoms with Gasteiger partial charge in [-0.1, -0.05) is 25.1 Å². The van der Waals surface area contributed by atoms with Crippen LogP contribution in [0.2, 0.25) is 0 Å². The third-order valence-electron chi connectivity index (χ3n) is 3.43. The standard InChI is InChI=1S/C15H21NO3/c1-2-8-19-9-7-16-11-12(10-15(17)18)13-5-3-4-6-14(13)16/h3-6,12H,2,7-11H2,1H3,(H,17,18). The number of carboxylic acid groups (broad SMARTS) is 1. The first-order chi connectivity index (χ1) is 9.22. The highest BCUT2D eigenvalue weighted by atomic mass is 16.5. The fourth-order valence-corrected chi connectivity index (χ4v) is 2.60. The van der Waals surface area contributed by atoms with E-state index in [0.717, 1.165) is 37.4 Å². The number of nitrogens with zero attached hydrogens (tertiary/aromatic N) is 1. The number of carbonyl (C=O) groups is 1. The summed E-state index contributed by atoms with van der Waals surface area (Å²) in [6.07, 6.45) is 1.22. The number of carboxylic acids is 1. The smallest absolute Gasteiger partial charge is 0.304 e. The molecule has 0 saturated heterocycles. The van der Waals surface area contributed by atoms with Gasteiger partial charge in [0.05, 0.1) is 13.0 Å². The second-order valence-corrected chi connectivity index (χ2v) is 4.91. The van der Waals surface area contributed by atoms with Crippen molar-refractivity contribution in [1.82, 2.24) is 0 Å². The Morgan fingerprint density at radius 2 is 2.21 bits per heavy atom. The molecule has 4 nitrogen and oxygen atoms in total. The number of aliphatic carboxylic acids is 1. The van der Waals surface area contributed by atoms with Gasteiger partial charge in [0.2, 0.25) is 0 Å². The third kappa shape index (κ3) is 3.47. The molecule has 0 aromatic heterocycles. The van der Waals surface area contributed by atoms with Crippen molar-refractivity contribution in [2.24, 2.45) is 0 Å². The lowest BCUT2D eigenvalue weighted by atomic mass is 9.98. The van der Waals surface area contributed by atoms with Crippen molar-refractivity contribution in [3.05, 3.63) is 29.8 Å². The summed E-state index contributed by atoms with van der Waals surface area (Å²) in [4.78, 5) is 13.2. The molecule has 0 spiro atoms. The maximum atomic E-state index is 10.9. The van der Waals surface area contributed by atoms with Gasteiger partial charge in [-0.15, -0.1) is 0 Å². The molecule has 0 saturated carbocycles. The molecular weight excluding hydrogens is 242 g/mol. The molecule has 0 radical (unpaired) electrons. The molecular formula is C15H21NO3. The van der Waals surface area contributed by atoms with E-state index >= 15 is 0 Å². The van der Waals surface area contributed by atoms with E-state index in [-0.39, 0.29) is 12.3 Å². The van der Waals surface area contributed by atoms with Crippen LogP contribution in [-0.4, -0.2) is 37.4 Å². The van der Waals surface area contributed by atoms with Gasteiger partial charge in [0.1, 0.15) is 0 Å². The van der Waals surface area contributed by atoms with Crippen molar-refractivity contribution in [1.29, 1.82) is 0 Å². The highest BCUT2D eigenvalue weighted by Gasteiger charge is 2.29. The van der Waals surface area contributed by atoms with Crippen molar-refractivity contribution in [2.75, 3.05) is 31.2 Å². The monoisotopic (exact) mass is 263 g/mol. The summed E-state index contributed by atoms with van der Waals surface area (Å²) in [5, 5.41) is 8.99. The minimum absolute atomic E-state index is 0.0971. The van der Waals surface area contributed by atoms with E-state index < -0.39 is 5.97 Å². The van der Waals surface area contributed by atoms with Gasteiger partial charge >= 0.3 is 5.97 Å². The Labute approximate surface area is 114 Å². The van der Waals surface area contributed by atoms with Crippen LogP contribution in [-0.2, 0) is 9.53 Å². The number of para-hydroxylation sites is 1. The van der Waals surface area contributed by atoms with Crippen LogP contribution >= 0.6 is 0 Å². The van der Waals surface area contributed by atoms with Crippen LogP contribution in [0.5, 0.6) is 0 Å². The van der Waals surface area contributed by atoms with E-state index in [4.69, 9.17) is 9.84 Å². The summed E-state index contributed by atoms with van der Waals surface area (Å²) >= 11 is 0. The molecule has 0 aliphatic carbocycles. The highest BCUT2D eigenvalue weighted by Crippen LogP contribution is 2.37. The van der Waals surface area contributed by atoms with Gasteiger partial charge in [0.25, 0.3) is 0 Å². The molecule has 1 atom stereocenters. The molecule has 0 amide bonds. The lowest BCUT2D eigenvalue weighted by Gasteiger charge is -2.19. The number of hydrogen-bond donors (Lipinski definition) is 1. The van der Waals surface area contributed by atoms with Crippen LogP contribution in [0.4, 0.5) is 5.69 Å². The average Bonchev–Trinajstić information content (AvgIpc) is 2.73. The summed E-state index contributed by atoms with van der Waals surface area (Å²) in [5.74, 6) is -0.635. The second-order valence-electron chi connectivity index (χ2n) is 4.91. The van der Waals surface area contributed by atoms with Crippen molar-refractivity contribution >= 4 is 11.7 Å². The number of fused-ring (bicyclic) bond motifs is 1. The lowest BCUT2D eigenvalue weighted by Crippen LogP contribution is -2.27. The summed E-state index contributed by atoms with van der Waals surface area (Å²) in [7, 11) is 0. The van der Waals surface area contributed by atoms with Gasteiger partial charge < -0.3 is 14.7 Å². The summed E-state index contributed by atoms with van der Waals surface area (Å²) in [6, 6.07) is 8.08. The fraction of sp³-hybridized carbons (Fsp3) is 0.533. The number of anilines is 1. The van der Waals surface area contributed by atoms with E-state index in [1.54, 1.807) is 0 Å². The van der Waals surface area contributed by atoms with E-state index in [9.17, 15) is 4.79 Å². The van der Waals surface area contributed by atoms with Gasteiger partial charge in [-0.25, -0.2) is 0 Å². The first kappa shape index (κ1) is 13.9. The first-order valence-corrected chi connectivity index (χ1v) is 6.85. The largest absolute Gasteiger partial charge is 0.481 e. The lowest BCUT2D eigenvalue weighted by molar-refractivity contribution is -0.137. The quantitative estimate of drug-likeness (QED) is 0.768. The Morgan fingerprint density at radius 1 is 1.42 bits per heavy atom. The SMILES string of the molecule is CCCOCCN1CC(CC(=O)O)c2ccccc21. The van der Waals surface area contributed by atoms with Crippen molar-refractivity contribution in [2.45, 2.75) is 25.7 Å². The topological polar surface area (TPSA) is 49.8 Å². The molecule has 1 aliphatic heterocycles. The molecule has 1 heterocycles. The minimum atomic E-state index is -0.733. The molecule has 1 aromatic rings. The molecule has 0 bridgehead atoms. The molecule has 1 unspecified atom stereocenters. The second kappa shape index (κ2) is 6.57. The summed E-state index contributed by atoms with van der Waals surface area (Å²) < 4.78 is 5.52. The van der Waals surface area contributed by atoms with E-state index in [1.165, 1.54) is 0 Å². The fourth-order valence-electron chi connectivity index (χ4n) is 2.60. The maximum Gasteiger partial charge on any atom is 0.304 e. The zero-order valence-electron chi connectivity index (χ0n) is 11.3. The van der Waals surface area contributed by atoms with Gasteiger partial charge in [-0.05, 0) is 18.1 Å². The van der Waals surface area contributed by atoms with Gasteiger partial charge in [-0.3, -0.25) is 4.79 Å². The van der Waals surface area contributed by atoms with Gasteiger partial charge in [-0.2, -0.15) is 0 Å². The Morgan fingerprint density at radius 3 is 2.95 bits per heavy atom. The van der Waals surface area contributed by atoms with Crippen LogP contribution in [0.15, 0.2) is 24.3 Å². The molecule has 2 rings (SSSR count). The molecule has 19 heavy (non-hydrogen) atoms. The van der Waals surface area contributed by atoms with E-state index in [0.29, 0.717) is 6.61 Å². The molecule has 1 aromatic carbocycles. The average molecular weight is 263 g/mol. The first-order valence-electron chi connectivity index (χ1n) is 6.85. The molecule has 0 fully saturated rings. The van der Waals surface area contributed by atoms with Crippen LogP contribution in [0.3, 0.4) is 0 Å². The Balaban J connectivity index is 2.00. The van der Waals surface area contributed by atoms with Crippen LogP contribution < -0.4 is 4.90 Å². The number of benzene rings is 1. The normalized spacial score (nSPS) is 17.5. The zero-order valence-corrected chi connectivity index (χ0v) is 11.3. The third-order valence-corrected chi connectivity index (χ3v) is 3.43. The van der Waals surface area contributed by atoms with E-state index in [1.807, 2.05) is 18.2 Å². The zero-order chi connectivity index (χ0) is 13.7. The molecule has 4 heteroatoms. The van der Waals surface area contributed by atoms with Gasteiger partial charge in [0.15, 0.2) is 0 Å². The predicted octanol–water partition coefficient (Wildman–Crippen LogP) is 2.49. The Hall–Kier alpha value is -1.55. The summed E-state index contributed by atoms with van der Waals surface area (Å²) in [5.41, 5.74) is 2.31. The van der Waals surface area contributed by atoms with Crippen LogP contribution in [0.1, 0.15) is 31.2 Å². The Kier molecular flexibility index (Phi) is 4.80.